The average molecular weight is 241 g/mol. The molecule has 0 atom stereocenters. The summed E-state index contributed by atoms with van der Waals surface area (Å²) in [6.07, 6.45) is 0. The Bertz CT molecular complexity index is 526. The molecule has 0 saturated carbocycles. The van der Waals surface area contributed by atoms with Gasteiger partial charge in [0.1, 0.15) is 0 Å². The lowest BCUT2D eigenvalue weighted by molar-refractivity contribution is 0.254. The lowest BCUT2D eigenvalue weighted by atomic mass is 10.2. The highest BCUT2D eigenvalue weighted by molar-refractivity contribution is 5.90. The van der Waals surface area contributed by atoms with Crippen LogP contribution in [0.3, 0.4) is 0 Å². The number of rotatable bonds is 3. The van der Waals surface area contributed by atoms with E-state index in [-0.39, 0.29) is 6.03 Å². The molecule has 4 nitrogen and oxygen atoms in total. The van der Waals surface area contributed by atoms with Crippen LogP contribution in [-0.4, -0.2) is 6.03 Å². The Morgan fingerprint density at radius 2 is 1.61 bits per heavy atom. The molecule has 92 valence electrons. The number of hydrazine groups is 1. The fraction of sp³-hybridized carbons (Fsp3) is 0.0714. The highest BCUT2D eigenvalue weighted by Crippen LogP contribution is 2.12. The summed E-state index contributed by atoms with van der Waals surface area (Å²) in [5.74, 6) is 0. The number of amides is 2. The Balaban J connectivity index is 1.88. The summed E-state index contributed by atoms with van der Waals surface area (Å²) in [7, 11) is 0. The van der Waals surface area contributed by atoms with Crippen molar-refractivity contribution < 1.29 is 4.79 Å². The van der Waals surface area contributed by atoms with Gasteiger partial charge in [-0.15, -0.1) is 0 Å². The summed E-state index contributed by atoms with van der Waals surface area (Å²) in [4.78, 5) is 11.7. The van der Waals surface area contributed by atoms with Gasteiger partial charge in [0, 0.05) is 5.69 Å². The van der Waals surface area contributed by atoms with Crippen molar-refractivity contribution in [1.29, 1.82) is 0 Å². The third kappa shape index (κ3) is 3.25. The number of carbonyl (C=O) groups excluding carboxylic acids is 1. The first kappa shape index (κ1) is 12.0. The van der Waals surface area contributed by atoms with E-state index in [2.05, 4.69) is 16.2 Å². The molecular formula is C14H15N3O. The minimum atomic E-state index is -0.298. The number of hydrogen-bond acceptors (Lipinski definition) is 2. The van der Waals surface area contributed by atoms with E-state index in [1.165, 1.54) is 0 Å². The van der Waals surface area contributed by atoms with Gasteiger partial charge in [-0.1, -0.05) is 36.4 Å². The Labute approximate surface area is 106 Å². The van der Waals surface area contributed by atoms with Gasteiger partial charge >= 0.3 is 6.03 Å². The van der Waals surface area contributed by atoms with Crippen LogP contribution in [0.5, 0.6) is 0 Å². The van der Waals surface area contributed by atoms with Crippen LogP contribution < -0.4 is 16.2 Å². The van der Waals surface area contributed by atoms with Crippen molar-refractivity contribution in [2.75, 3.05) is 10.7 Å². The number of nitrogens with one attached hydrogen (secondary N) is 3. The quantitative estimate of drug-likeness (QED) is 0.723. The van der Waals surface area contributed by atoms with E-state index >= 15 is 0 Å². The van der Waals surface area contributed by atoms with E-state index in [4.69, 9.17) is 0 Å². The van der Waals surface area contributed by atoms with Gasteiger partial charge in [0.05, 0.1) is 5.69 Å². The second-order valence-corrected chi connectivity index (χ2v) is 3.89. The van der Waals surface area contributed by atoms with Crippen LogP contribution in [-0.2, 0) is 0 Å². The third-order valence-electron chi connectivity index (χ3n) is 2.49. The zero-order valence-electron chi connectivity index (χ0n) is 10.1. The van der Waals surface area contributed by atoms with Crippen molar-refractivity contribution in [2.45, 2.75) is 6.92 Å². The van der Waals surface area contributed by atoms with E-state index in [0.29, 0.717) is 0 Å². The number of hydrogen-bond donors (Lipinski definition) is 3. The van der Waals surface area contributed by atoms with Gasteiger partial charge in [0.15, 0.2) is 0 Å². The minimum absolute atomic E-state index is 0.298. The maximum Gasteiger partial charge on any atom is 0.337 e. The van der Waals surface area contributed by atoms with Gasteiger partial charge in [-0.25, -0.2) is 4.79 Å². The monoisotopic (exact) mass is 241 g/mol. The lowest BCUT2D eigenvalue weighted by Gasteiger charge is -2.11. The molecule has 0 saturated heterocycles. The minimum Gasteiger partial charge on any atom is -0.306 e. The van der Waals surface area contributed by atoms with Crippen molar-refractivity contribution >= 4 is 17.4 Å². The molecule has 2 aromatic carbocycles. The fourth-order valence-electron chi connectivity index (χ4n) is 1.52. The van der Waals surface area contributed by atoms with E-state index in [9.17, 15) is 4.79 Å². The standard InChI is InChI=1S/C14H15N3O/c1-11-7-5-6-10-13(11)15-14(18)17-16-12-8-3-2-4-9-12/h2-10,16H,1H3,(H2,15,17,18). The van der Waals surface area contributed by atoms with Crippen molar-refractivity contribution in [3.05, 3.63) is 60.2 Å². The maximum atomic E-state index is 11.7. The first-order chi connectivity index (χ1) is 8.75. The number of carbonyl (C=O) groups is 1. The van der Waals surface area contributed by atoms with Crippen LogP contribution >= 0.6 is 0 Å². The molecule has 2 amide bonds. The van der Waals surface area contributed by atoms with Crippen LogP contribution in [0.2, 0.25) is 0 Å². The smallest absolute Gasteiger partial charge is 0.306 e. The highest BCUT2D eigenvalue weighted by atomic mass is 16.2. The largest absolute Gasteiger partial charge is 0.337 e. The van der Waals surface area contributed by atoms with Crippen molar-refractivity contribution in [3.63, 3.8) is 0 Å². The molecular weight excluding hydrogens is 226 g/mol. The van der Waals surface area contributed by atoms with Gasteiger partial charge in [-0.2, -0.15) is 0 Å². The molecule has 0 aliphatic heterocycles. The van der Waals surface area contributed by atoms with Crippen LogP contribution in [0.4, 0.5) is 16.2 Å². The second-order valence-electron chi connectivity index (χ2n) is 3.89. The summed E-state index contributed by atoms with van der Waals surface area (Å²) >= 11 is 0. The highest BCUT2D eigenvalue weighted by Gasteiger charge is 2.02. The molecule has 2 aromatic rings. The predicted octanol–water partition coefficient (Wildman–Crippen LogP) is 3.14. The van der Waals surface area contributed by atoms with Crippen LogP contribution in [0, 0.1) is 6.92 Å². The van der Waals surface area contributed by atoms with Gasteiger partial charge in [0.2, 0.25) is 0 Å². The molecule has 0 unspecified atom stereocenters. The summed E-state index contributed by atoms with van der Waals surface area (Å²) < 4.78 is 0. The Kier molecular flexibility index (Phi) is 3.81. The molecule has 0 aromatic heterocycles. The Hall–Kier alpha value is -2.49. The van der Waals surface area contributed by atoms with Crippen LogP contribution in [0.1, 0.15) is 5.56 Å². The fourth-order valence-corrected chi connectivity index (χ4v) is 1.52. The first-order valence-corrected chi connectivity index (χ1v) is 5.69. The molecule has 0 fully saturated rings. The van der Waals surface area contributed by atoms with Crippen molar-refractivity contribution in [1.82, 2.24) is 5.43 Å². The van der Waals surface area contributed by atoms with Gasteiger partial charge in [-0.05, 0) is 30.7 Å². The third-order valence-corrected chi connectivity index (χ3v) is 2.49. The Morgan fingerprint density at radius 1 is 0.944 bits per heavy atom. The van der Waals surface area contributed by atoms with Crippen LogP contribution in [0.25, 0.3) is 0 Å². The molecule has 0 bridgehead atoms. The summed E-state index contributed by atoms with van der Waals surface area (Å²) in [5.41, 5.74) is 8.04. The van der Waals surface area contributed by atoms with Gasteiger partial charge < -0.3 is 5.32 Å². The molecule has 0 spiro atoms. The van der Waals surface area contributed by atoms with Crippen molar-refractivity contribution in [2.24, 2.45) is 0 Å². The molecule has 2 rings (SSSR count). The number of urea groups is 1. The number of benzene rings is 2. The van der Waals surface area contributed by atoms with Gasteiger partial charge in [0.25, 0.3) is 0 Å². The van der Waals surface area contributed by atoms with E-state index < -0.39 is 0 Å². The normalized spacial score (nSPS) is 9.61. The molecule has 3 N–H and O–H groups in total. The molecule has 0 radical (unpaired) electrons. The SMILES string of the molecule is Cc1ccccc1NC(=O)NNc1ccccc1. The van der Waals surface area contributed by atoms with Crippen LogP contribution in [0.15, 0.2) is 54.6 Å². The predicted molar refractivity (Wildman–Crippen MR) is 73.4 cm³/mol. The Morgan fingerprint density at radius 3 is 2.33 bits per heavy atom. The number of para-hydroxylation sites is 2. The maximum absolute atomic E-state index is 11.7. The summed E-state index contributed by atoms with van der Waals surface area (Å²) in [6, 6.07) is 16.8. The van der Waals surface area contributed by atoms with Gasteiger partial charge in [-0.3, -0.25) is 10.9 Å². The zero-order chi connectivity index (χ0) is 12.8. The molecule has 0 aliphatic carbocycles. The second kappa shape index (κ2) is 5.72. The summed E-state index contributed by atoms with van der Waals surface area (Å²) in [6.45, 7) is 1.94. The van der Waals surface area contributed by atoms with Crippen molar-refractivity contribution in [3.8, 4) is 0 Å². The molecule has 0 aliphatic rings. The topological polar surface area (TPSA) is 53.2 Å². The van der Waals surface area contributed by atoms with E-state index in [1.807, 2.05) is 61.5 Å². The molecule has 4 heteroatoms. The molecule has 18 heavy (non-hydrogen) atoms. The molecule has 0 heterocycles. The zero-order valence-corrected chi connectivity index (χ0v) is 10.1. The summed E-state index contributed by atoms with van der Waals surface area (Å²) in [5, 5.41) is 2.77. The number of anilines is 2. The van der Waals surface area contributed by atoms with E-state index in [1.54, 1.807) is 0 Å². The first-order valence-electron chi connectivity index (χ1n) is 5.69. The van der Waals surface area contributed by atoms with E-state index in [0.717, 1.165) is 16.9 Å². The lowest BCUT2D eigenvalue weighted by Crippen LogP contribution is -2.33. The number of aryl methyl sites for hydroxylation is 1. The average Bonchev–Trinajstić information content (AvgIpc) is 2.40.